The van der Waals surface area contributed by atoms with Crippen LogP contribution in [-0.4, -0.2) is 23.4 Å². The van der Waals surface area contributed by atoms with Gasteiger partial charge >= 0.3 is 0 Å². The van der Waals surface area contributed by atoms with E-state index in [1.54, 1.807) is 24.3 Å². The highest BCUT2D eigenvalue weighted by Gasteiger charge is 2.26. The number of carbonyl (C=O) groups excluding carboxylic acids is 3. The molecule has 0 atom stereocenters. The molecule has 3 N–H and O–H groups in total. The number of hydrogen-bond acceptors (Lipinski definition) is 4. The van der Waals surface area contributed by atoms with Crippen LogP contribution in [0, 0.1) is 13.8 Å². The Morgan fingerprint density at radius 2 is 1.93 bits per heavy atom. The Balaban J connectivity index is 1.76. The second-order valence-electron chi connectivity index (χ2n) is 6.79. The Labute approximate surface area is 163 Å². The van der Waals surface area contributed by atoms with Crippen LogP contribution in [0.25, 0.3) is 0 Å². The number of nitrogens with one attached hydrogen (secondary N) is 1. The summed E-state index contributed by atoms with van der Waals surface area (Å²) in [6, 6.07) is 12.5. The summed E-state index contributed by atoms with van der Waals surface area (Å²) in [7, 11) is 0. The molecular weight excluding hydrogens is 356 g/mol. The van der Waals surface area contributed by atoms with Gasteiger partial charge in [0.2, 0.25) is 11.8 Å². The first-order valence-electron chi connectivity index (χ1n) is 9.00. The average molecular weight is 378 g/mol. The highest BCUT2D eigenvalue weighted by molar-refractivity contribution is 6.40. The smallest absolute Gasteiger partial charge is 0.267 e. The van der Waals surface area contributed by atoms with Crippen molar-refractivity contribution in [2.75, 3.05) is 5.01 Å². The minimum Gasteiger partial charge on any atom is -0.366 e. The number of nitrogens with zero attached hydrogens (tertiary/aromatic N) is 2. The number of carbonyl (C=O) groups is 3. The summed E-state index contributed by atoms with van der Waals surface area (Å²) in [5.74, 6) is -1.00. The third-order valence-electron chi connectivity index (χ3n) is 4.55. The maximum Gasteiger partial charge on any atom is 0.267 e. The van der Waals surface area contributed by atoms with E-state index in [9.17, 15) is 14.4 Å². The van der Waals surface area contributed by atoms with Gasteiger partial charge in [-0.25, -0.2) is 5.01 Å². The molecule has 7 heteroatoms. The Hall–Kier alpha value is -3.48. The number of nitrogens with two attached hydrogens (primary N) is 1. The minimum absolute atomic E-state index is 0.139. The third-order valence-corrected chi connectivity index (χ3v) is 4.55. The predicted octanol–water partition coefficient (Wildman–Crippen LogP) is 2.20. The van der Waals surface area contributed by atoms with E-state index in [1.165, 1.54) is 5.01 Å². The average Bonchev–Trinajstić information content (AvgIpc) is 2.68. The molecule has 2 aromatic carbocycles. The molecule has 7 nitrogen and oxygen atoms in total. The summed E-state index contributed by atoms with van der Waals surface area (Å²) in [5.41, 5.74) is 9.32. The van der Waals surface area contributed by atoms with Crippen LogP contribution < -0.4 is 16.1 Å². The van der Waals surface area contributed by atoms with Gasteiger partial charge in [-0.05, 0) is 48.7 Å². The number of amides is 3. The van der Waals surface area contributed by atoms with Crippen LogP contribution >= 0.6 is 0 Å². The molecule has 0 bridgehead atoms. The number of hydrogen-bond donors (Lipinski definition) is 2. The van der Waals surface area contributed by atoms with Crippen LogP contribution in [0.3, 0.4) is 0 Å². The molecule has 0 radical (unpaired) electrons. The zero-order valence-corrected chi connectivity index (χ0v) is 15.9. The summed E-state index contributed by atoms with van der Waals surface area (Å²) in [4.78, 5) is 36.2. The van der Waals surface area contributed by atoms with E-state index in [0.717, 1.165) is 16.7 Å². The van der Waals surface area contributed by atoms with E-state index in [1.807, 2.05) is 32.0 Å². The maximum atomic E-state index is 12.6. The fourth-order valence-corrected chi connectivity index (χ4v) is 2.97. The molecule has 0 unspecified atom stereocenters. The molecule has 0 aliphatic carbocycles. The lowest BCUT2D eigenvalue weighted by Gasteiger charge is -2.24. The van der Waals surface area contributed by atoms with E-state index in [0.29, 0.717) is 17.0 Å². The summed E-state index contributed by atoms with van der Waals surface area (Å²) in [5, 5.41) is 8.41. The van der Waals surface area contributed by atoms with Gasteiger partial charge in [-0.3, -0.25) is 14.4 Å². The molecule has 2 aromatic rings. The van der Waals surface area contributed by atoms with Gasteiger partial charge in [0.05, 0.1) is 5.69 Å². The van der Waals surface area contributed by atoms with Crippen molar-refractivity contribution >= 4 is 29.1 Å². The zero-order valence-electron chi connectivity index (χ0n) is 15.9. The van der Waals surface area contributed by atoms with Gasteiger partial charge < -0.3 is 11.1 Å². The lowest BCUT2D eigenvalue weighted by Crippen LogP contribution is -2.39. The minimum atomic E-state index is -0.521. The Morgan fingerprint density at radius 3 is 2.68 bits per heavy atom. The van der Waals surface area contributed by atoms with Crippen molar-refractivity contribution in [1.82, 2.24) is 5.32 Å². The topological polar surface area (TPSA) is 105 Å². The van der Waals surface area contributed by atoms with Gasteiger partial charge in [0, 0.05) is 24.9 Å². The Bertz CT molecular complexity index is 981. The van der Waals surface area contributed by atoms with Crippen LogP contribution in [0.2, 0.25) is 0 Å². The Kier molecular flexibility index (Phi) is 5.54. The van der Waals surface area contributed by atoms with Crippen molar-refractivity contribution in [3.8, 4) is 0 Å². The number of anilines is 1. The summed E-state index contributed by atoms with van der Waals surface area (Å²) in [6.45, 7) is 4.07. The summed E-state index contributed by atoms with van der Waals surface area (Å²) < 4.78 is 0. The van der Waals surface area contributed by atoms with Gasteiger partial charge in [-0.2, -0.15) is 5.10 Å². The van der Waals surface area contributed by atoms with E-state index in [4.69, 9.17) is 5.73 Å². The van der Waals surface area contributed by atoms with E-state index >= 15 is 0 Å². The standard InChI is InChI=1S/C21H22N4O3/c1-13-6-7-14(2)18(10-13)25-19(26)9-8-17(24-25)21(28)23-12-15-4-3-5-16(11-15)20(22)27/h3-7,10-11H,8-9,12H2,1-2H3,(H2,22,27)(H,23,28). The first-order valence-corrected chi connectivity index (χ1v) is 9.00. The number of rotatable bonds is 5. The van der Waals surface area contributed by atoms with Crippen molar-refractivity contribution in [3.05, 3.63) is 64.7 Å². The van der Waals surface area contributed by atoms with Crippen molar-refractivity contribution in [2.24, 2.45) is 10.8 Å². The number of hydrazone groups is 1. The van der Waals surface area contributed by atoms with Gasteiger partial charge in [-0.1, -0.05) is 24.3 Å². The van der Waals surface area contributed by atoms with Crippen LogP contribution in [0.1, 0.15) is 39.9 Å². The molecule has 3 rings (SSSR count). The van der Waals surface area contributed by atoms with Crippen molar-refractivity contribution in [2.45, 2.75) is 33.2 Å². The lowest BCUT2D eigenvalue weighted by atomic mass is 10.1. The number of benzene rings is 2. The largest absolute Gasteiger partial charge is 0.366 e. The van der Waals surface area contributed by atoms with Crippen LogP contribution in [0.4, 0.5) is 5.69 Å². The summed E-state index contributed by atoms with van der Waals surface area (Å²) >= 11 is 0. The molecule has 0 saturated carbocycles. The normalized spacial score (nSPS) is 13.9. The van der Waals surface area contributed by atoms with Gasteiger partial charge in [-0.15, -0.1) is 0 Å². The van der Waals surface area contributed by atoms with Crippen molar-refractivity contribution in [1.29, 1.82) is 0 Å². The first kappa shape index (κ1) is 19.3. The van der Waals surface area contributed by atoms with E-state index < -0.39 is 5.91 Å². The molecule has 1 aliphatic heterocycles. The monoisotopic (exact) mass is 378 g/mol. The van der Waals surface area contributed by atoms with Gasteiger partial charge in [0.15, 0.2) is 0 Å². The third kappa shape index (κ3) is 4.25. The lowest BCUT2D eigenvalue weighted by molar-refractivity contribution is -0.119. The van der Waals surface area contributed by atoms with Gasteiger partial charge in [0.25, 0.3) is 5.91 Å². The second kappa shape index (κ2) is 8.04. The van der Waals surface area contributed by atoms with Crippen LogP contribution in [0.5, 0.6) is 0 Å². The second-order valence-corrected chi connectivity index (χ2v) is 6.79. The molecule has 1 heterocycles. The van der Waals surface area contributed by atoms with Crippen LogP contribution in [-0.2, 0) is 16.1 Å². The first-order chi connectivity index (χ1) is 13.3. The maximum absolute atomic E-state index is 12.6. The SMILES string of the molecule is Cc1ccc(C)c(N2N=C(C(=O)NCc3cccc(C(N)=O)c3)CCC2=O)c1. The highest BCUT2D eigenvalue weighted by atomic mass is 16.2. The zero-order chi connectivity index (χ0) is 20.3. The molecule has 28 heavy (non-hydrogen) atoms. The highest BCUT2D eigenvalue weighted by Crippen LogP contribution is 2.25. The van der Waals surface area contributed by atoms with E-state index in [2.05, 4.69) is 10.4 Å². The molecule has 144 valence electrons. The molecule has 1 aliphatic rings. The fraction of sp³-hybridized carbons (Fsp3) is 0.238. The fourth-order valence-electron chi connectivity index (χ4n) is 2.97. The van der Waals surface area contributed by atoms with Crippen LogP contribution in [0.15, 0.2) is 47.6 Å². The number of primary amides is 1. The molecule has 0 spiro atoms. The Morgan fingerprint density at radius 1 is 1.14 bits per heavy atom. The molecule has 0 saturated heterocycles. The van der Waals surface area contributed by atoms with Crippen molar-refractivity contribution < 1.29 is 14.4 Å². The molecule has 0 aromatic heterocycles. The number of aryl methyl sites for hydroxylation is 2. The quantitative estimate of drug-likeness (QED) is 0.833. The summed E-state index contributed by atoms with van der Waals surface area (Å²) in [6.07, 6.45) is 0.504. The molecule has 0 fully saturated rings. The van der Waals surface area contributed by atoms with Crippen molar-refractivity contribution in [3.63, 3.8) is 0 Å². The predicted molar refractivity (Wildman–Crippen MR) is 107 cm³/mol. The van der Waals surface area contributed by atoms with E-state index in [-0.39, 0.29) is 31.2 Å². The molecule has 3 amide bonds. The van der Waals surface area contributed by atoms with Gasteiger partial charge in [0.1, 0.15) is 5.71 Å². The molecular formula is C21H22N4O3.